The second-order valence-corrected chi connectivity index (χ2v) is 4.46. The van der Waals surface area contributed by atoms with Crippen LogP contribution in [0.25, 0.3) is 0 Å². The lowest BCUT2D eigenvalue weighted by Crippen LogP contribution is -2.24. The fraction of sp³-hybridized carbons (Fsp3) is 0.556. The Morgan fingerprint density at radius 2 is 2.31 bits per heavy atom. The molecule has 0 atom stereocenters. The molecule has 4 heteroatoms. The largest absolute Gasteiger partial charge is 0.460 e. The molecule has 0 bridgehead atoms. The zero-order valence-electron chi connectivity index (χ0n) is 8.03. The highest BCUT2D eigenvalue weighted by molar-refractivity contribution is 7.07. The van der Waals surface area contributed by atoms with Crippen LogP contribution in [0.4, 0.5) is 0 Å². The molecule has 1 aromatic rings. The lowest BCUT2D eigenvalue weighted by atomic mass is 10.2. The van der Waals surface area contributed by atoms with Crippen molar-refractivity contribution in [1.29, 1.82) is 0 Å². The minimum absolute atomic E-state index is 0.224. The number of hydrogen-bond donors (Lipinski definition) is 0. The Bertz CT molecular complexity index is 274. The molecule has 0 spiro atoms. The quantitative estimate of drug-likeness (QED) is 0.684. The SMILES string of the molecule is CC(C)(C)OC(=O)Cc1cscn1. The molecule has 0 aromatic carbocycles. The molecule has 0 amide bonds. The van der Waals surface area contributed by atoms with Gasteiger partial charge in [0.05, 0.1) is 17.6 Å². The molecule has 0 aliphatic carbocycles. The minimum atomic E-state index is -0.410. The summed E-state index contributed by atoms with van der Waals surface area (Å²) in [5.41, 5.74) is 2.08. The van der Waals surface area contributed by atoms with Crippen LogP contribution in [0.15, 0.2) is 10.9 Å². The predicted molar refractivity (Wildman–Crippen MR) is 51.7 cm³/mol. The van der Waals surface area contributed by atoms with E-state index in [0.717, 1.165) is 5.69 Å². The highest BCUT2D eigenvalue weighted by Crippen LogP contribution is 2.09. The van der Waals surface area contributed by atoms with Gasteiger partial charge in [0.2, 0.25) is 0 Å². The first-order valence-electron chi connectivity index (χ1n) is 4.06. The molecule has 0 fully saturated rings. The number of carbonyl (C=O) groups is 1. The van der Waals surface area contributed by atoms with Gasteiger partial charge in [-0.1, -0.05) is 0 Å². The average Bonchev–Trinajstić information content (AvgIpc) is 2.34. The van der Waals surface area contributed by atoms with Gasteiger partial charge in [0.15, 0.2) is 0 Å². The molecule has 0 saturated heterocycles. The van der Waals surface area contributed by atoms with Gasteiger partial charge in [-0.05, 0) is 20.8 Å². The minimum Gasteiger partial charge on any atom is -0.460 e. The smallest absolute Gasteiger partial charge is 0.312 e. The van der Waals surface area contributed by atoms with E-state index in [-0.39, 0.29) is 12.4 Å². The van der Waals surface area contributed by atoms with Crippen molar-refractivity contribution in [3.05, 3.63) is 16.6 Å². The van der Waals surface area contributed by atoms with Gasteiger partial charge in [-0.15, -0.1) is 11.3 Å². The highest BCUT2D eigenvalue weighted by Gasteiger charge is 2.16. The van der Waals surface area contributed by atoms with Gasteiger partial charge in [-0.3, -0.25) is 4.79 Å². The maximum Gasteiger partial charge on any atom is 0.312 e. The van der Waals surface area contributed by atoms with E-state index in [4.69, 9.17) is 4.74 Å². The summed E-state index contributed by atoms with van der Waals surface area (Å²) in [5.74, 6) is -0.224. The number of ether oxygens (including phenoxy) is 1. The Hall–Kier alpha value is -0.900. The van der Waals surface area contributed by atoms with Crippen LogP contribution in [0.2, 0.25) is 0 Å². The van der Waals surface area contributed by atoms with E-state index in [1.165, 1.54) is 11.3 Å². The molecule has 1 heterocycles. The van der Waals surface area contributed by atoms with E-state index in [1.54, 1.807) is 5.51 Å². The molecule has 1 rings (SSSR count). The van der Waals surface area contributed by atoms with Gasteiger partial charge in [0.25, 0.3) is 0 Å². The third-order valence-electron chi connectivity index (χ3n) is 1.23. The van der Waals surface area contributed by atoms with Crippen LogP contribution in [-0.4, -0.2) is 16.6 Å². The molecule has 0 aliphatic heterocycles. The van der Waals surface area contributed by atoms with Crippen molar-refractivity contribution in [2.24, 2.45) is 0 Å². The van der Waals surface area contributed by atoms with Crippen LogP contribution in [0.3, 0.4) is 0 Å². The Morgan fingerprint density at radius 1 is 1.62 bits per heavy atom. The van der Waals surface area contributed by atoms with Gasteiger partial charge in [-0.25, -0.2) is 4.98 Å². The first-order valence-corrected chi connectivity index (χ1v) is 5.00. The number of aromatic nitrogens is 1. The van der Waals surface area contributed by atoms with E-state index in [9.17, 15) is 4.79 Å². The van der Waals surface area contributed by atoms with Crippen molar-refractivity contribution < 1.29 is 9.53 Å². The summed E-state index contributed by atoms with van der Waals surface area (Å²) in [7, 11) is 0. The summed E-state index contributed by atoms with van der Waals surface area (Å²) in [6, 6.07) is 0. The normalized spacial score (nSPS) is 11.3. The van der Waals surface area contributed by atoms with E-state index in [1.807, 2.05) is 26.2 Å². The molecular formula is C9H13NO2S. The monoisotopic (exact) mass is 199 g/mol. The second kappa shape index (κ2) is 3.87. The van der Waals surface area contributed by atoms with E-state index < -0.39 is 5.60 Å². The molecule has 13 heavy (non-hydrogen) atoms. The standard InChI is InChI=1S/C9H13NO2S/c1-9(2,3)12-8(11)4-7-5-13-6-10-7/h5-6H,4H2,1-3H3. The Kier molecular flexibility index (Phi) is 3.03. The third-order valence-corrected chi connectivity index (χ3v) is 1.86. The highest BCUT2D eigenvalue weighted by atomic mass is 32.1. The van der Waals surface area contributed by atoms with Crippen LogP contribution in [0.1, 0.15) is 26.5 Å². The first kappa shape index (κ1) is 10.2. The lowest BCUT2D eigenvalue weighted by Gasteiger charge is -2.18. The van der Waals surface area contributed by atoms with Crippen molar-refractivity contribution in [2.75, 3.05) is 0 Å². The first-order chi connectivity index (χ1) is 5.97. The second-order valence-electron chi connectivity index (χ2n) is 3.74. The number of rotatable bonds is 2. The van der Waals surface area contributed by atoms with Crippen molar-refractivity contribution >= 4 is 17.3 Å². The summed E-state index contributed by atoms with van der Waals surface area (Å²) >= 11 is 1.48. The van der Waals surface area contributed by atoms with Gasteiger partial charge >= 0.3 is 5.97 Å². The molecule has 0 saturated carbocycles. The fourth-order valence-electron chi connectivity index (χ4n) is 0.850. The molecule has 0 unspecified atom stereocenters. The van der Waals surface area contributed by atoms with Crippen LogP contribution in [0.5, 0.6) is 0 Å². The van der Waals surface area contributed by atoms with E-state index in [2.05, 4.69) is 4.98 Å². The summed E-state index contributed by atoms with van der Waals surface area (Å²) in [6.45, 7) is 5.56. The molecule has 0 radical (unpaired) electrons. The molecule has 1 aromatic heterocycles. The summed E-state index contributed by atoms with van der Waals surface area (Å²) in [4.78, 5) is 15.3. The molecule has 72 valence electrons. The van der Waals surface area contributed by atoms with Gasteiger partial charge in [0, 0.05) is 5.38 Å². The van der Waals surface area contributed by atoms with Gasteiger partial charge in [-0.2, -0.15) is 0 Å². The maximum atomic E-state index is 11.3. The average molecular weight is 199 g/mol. The number of thiazole rings is 1. The zero-order chi connectivity index (χ0) is 9.90. The molecule has 0 N–H and O–H groups in total. The fourth-order valence-corrected chi connectivity index (χ4v) is 1.41. The van der Waals surface area contributed by atoms with Crippen LogP contribution < -0.4 is 0 Å². The Morgan fingerprint density at radius 3 is 2.77 bits per heavy atom. The zero-order valence-corrected chi connectivity index (χ0v) is 8.85. The van der Waals surface area contributed by atoms with Crippen molar-refractivity contribution in [2.45, 2.75) is 32.8 Å². The molecule has 0 aliphatic rings. The Labute approximate surface area is 81.8 Å². The van der Waals surface area contributed by atoms with Crippen LogP contribution >= 0.6 is 11.3 Å². The van der Waals surface area contributed by atoms with Crippen LogP contribution in [-0.2, 0) is 16.0 Å². The predicted octanol–water partition coefficient (Wildman–Crippen LogP) is 2.03. The van der Waals surface area contributed by atoms with Crippen LogP contribution in [0, 0.1) is 0 Å². The van der Waals surface area contributed by atoms with E-state index >= 15 is 0 Å². The summed E-state index contributed by atoms with van der Waals surface area (Å²) in [5, 5.41) is 1.85. The number of carbonyl (C=O) groups excluding carboxylic acids is 1. The van der Waals surface area contributed by atoms with E-state index in [0.29, 0.717) is 0 Å². The maximum absolute atomic E-state index is 11.3. The topological polar surface area (TPSA) is 39.2 Å². The van der Waals surface area contributed by atoms with Crippen molar-refractivity contribution in [3.8, 4) is 0 Å². The van der Waals surface area contributed by atoms with Crippen molar-refractivity contribution in [1.82, 2.24) is 4.98 Å². The summed E-state index contributed by atoms with van der Waals surface area (Å²) < 4.78 is 5.14. The van der Waals surface area contributed by atoms with Gasteiger partial charge < -0.3 is 4.74 Å². The molecule has 3 nitrogen and oxygen atoms in total. The Balaban J connectivity index is 2.43. The summed E-state index contributed by atoms with van der Waals surface area (Å²) in [6.07, 6.45) is 0.265. The lowest BCUT2D eigenvalue weighted by molar-refractivity contribution is -0.153. The third kappa shape index (κ3) is 4.03. The number of hydrogen-bond acceptors (Lipinski definition) is 4. The van der Waals surface area contributed by atoms with Crippen molar-refractivity contribution in [3.63, 3.8) is 0 Å². The molecular weight excluding hydrogens is 186 g/mol. The number of esters is 1. The number of nitrogens with zero attached hydrogens (tertiary/aromatic N) is 1. The van der Waals surface area contributed by atoms with Gasteiger partial charge in [0.1, 0.15) is 5.60 Å².